The van der Waals surface area contributed by atoms with Gasteiger partial charge in [-0.3, -0.25) is 15.0 Å². The smallest absolute Gasteiger partial charge is 0.270 e. The van der Waals surface area contributed by atoms with E-state index in [1.807, 2.05) is 7.05 Å². The minimum atomic E-state index is -0.421. The lowest BCUT2D eigenvalue weighted by molar-refractivity contribution is -0.384. The zero-order valence-corrected chi connectivity index (χ0v) is 11.7. The molecule has 0 spiro atoms. The molecule has 2 rings (SSSR count). The van der Waals surface area contributed by atoms with Crippen molar-refractivity contribution in [3.8, 4) is 0 Å². The van der Waals surface area contributed by atoms with Crippen LogP contribution >= 0.6 is 11.6 Å². The predicted octanol–water partition coefficient (Wildman–Crippen LogP) is 2.43. The Hall–Kier alpha value is -1.17. The molecule has 0 aromatic heterocycles. The molecule has 5 nitrogen and oxygen atoms in total. The van der Waals surface area contributed by atoms with Crippen molar-refractivity contribution in [1.29, 1.82) is 0 Å². The normalized spacial score (nSPS) is 19.8. The summed E-state index contributed by atoms with van der Waals surface area (Å²) in [6.45, 7) is 2.77. The van der Waals surface area contributed by atoms with E-state index in [9.17, 15) is 10.1 Å². The van der Waals surface area contributed by atoms with E-state index in [1.165, 1.54) is 25.0 Å². The molecule has 1 aromatic carbocycles. The van der Waals surface area contributed by atoms with Gasteiger partial charge in [0.15, 0.2) is 0 Å². The van der Waals surface area contributed by atoms with E-state index < -0.39 is 4.92 Å². The highest BCUT2D eigenvalue weighted by Crippen LogP contribution is 2.26. The van der Waals surface area contributed by atoms with E-state index in [0.717, 1.165) is 25.2 Å². The number of halogens is 1. The highest BCUT2D eigenvalue weighted by atomic mass is 35.5. The first-order chi connectivity index (χ1) is 9.11. The van der Waals surface area contributed by atoms with Gasteiger partial charge in [-0.2, -0.15) is 0 Å². The van der Waals surface area contributed by atoms with Crippen molar-refractivity contribution in [3.05, 3.63) is 38.9 Å². The summed E-state index contributed by atoms with van der Waals surface area (Å²) in [4.78, 5) is 12.6. The second-order valence-electron chi connectivity index (χ2n) is 4.86. The molecule has 1 aromatic rings. The van der Waals surface area contributed by atoms with Gasteiger partial charge in [-0.15, -0.1) is 0 Å². The van der Waals surface area contributed by atoms with Crippen LogP contribution in [0, 0.1) is 10.1 Å². The molecule has 1 aliphatic heterocycles. The molecule has 1 heterocycles. The van der Waals surface area contributed by atoms with Gasteiger partial charge in [0.2, 0.25) is 0 Å². The number of non-ortho nitro benzene ring substituents is 1. The van der Waals surface area contributed by atoms with Crippen LogP contribution < -0.4 is 5.32 Å². The van der Waals surface area contributed by atoms with E-state index in [-0.39, 0.29) is 5.69 Å². The molecule has 0 radical (unpaired) electrons. The summed E-state index contributed by atoms with van der Waals surface area (Å²) in [6, 6.07) is 5.23. The van der Waals surface area contributed by atoms with Crippen LogP contribution in [0.25, 0.3) is 0 Å². The van der Waals surface area contributed by atoms with Gasteiger partial charge in [-0.25, -0.2) is 0 Å². The predicted molar refractivity (Wildman–Crippen MR) is 75.5 cm³/mol. The third-order valence-corrected chi connectivity index (χ3v) is 3.91. The fourth-order valence-corrected chi connectivity index (χ4v) is 2.80. The molecule has 0 aliphatic carbocycles. The summed E-state index contributed by atoms with van der Waals surface area (Å²) < 4.78 is 0. The lowest BCUT2D eigenvalue weighted by atomic mass is 10.1. The summed E-state index contributed by atoms with van der Waals surface area (Å²) in [5, 5.41) is 14.4. The van der Waals surface area contributed by atoms with Crippen LogP contribution in [-0.2, 0) is 6.54 Å². The summed E-state index contributed by atoms with van der Waals surface area (Å²) in [7, 11) is 1.95. The van der Waals surface area contributed by atoms with Crippen LogP contribution in [0.5, 0.6) is 0 Å². The lowest BCUT2D eigenvalue weighted by Crippen LogP contribution is -2.36. The van der Waals surface area contributed by atoms with E-state index in [2.05, 4.69) is 10.2 Å². The number of benzene rings is 1. The molecule has 1 atom stereocenters. The monoisotopic (exact) mass is 283 g/mol. The summed E-state index contributed by atoms with van der Waals surface area (Å²) in [6.07, 6.45) is 2.38. The number of nitrogens with zero attached hydrogens (tertiary/aromatic N) is 2. The average molecular weight is 284 g/mol. The van der Waals surface area contributed by atoms with Crippen molar-refractivity contribution in [2.24, 2.45) is 0 Å². The maximum absolute atomic E-state index is 10.7. The van der Waals surface area contributed by atoms with Crippen LogP contribution in [0.2, 0.25) is 5.02 Å². The summed E-state index contributed by atoms with van der Waals surface area (Å²) >= 11 is 6.13. The van der Waals surface area contributed by atoms with Gasteiger partial charge in [-0.1, -0.05) is 11.6 Å². The Kier molecular flexibility index (Phi) is 4.74. The van der Waals surface area contributed by atoms with E-state index in [4.69, 9.17) is 11.6 Å². The van der Waals surface area contributed by atoms with Crippen molar-refractivity contribution in [1.82, 2.24) is 10.2 Å². The van der Waals surface area contributed by atoms with Gasteiger partial charge in [0.25, 0.3) is 5.69 Å². The first-order valence-electron chi connectivity index (χ1n) is 6.43. The van der Waals surface area contributed by atoms with Crippen LogP contribution in [-0.4, -0.2) is 36.0 Å². The Labute approximate surface area is 117 Å². The third-order valence-electron chi connectivity index (χ3n) is 3.56. The van der Waals surface area contributed by atoms with Crippen LogP contribution in [0.4, 0.5) is 5.69 Å². The van der Waals surface area contributed by atoms with E-state index in [1.54, 1.807) is 6.07 Å². The summed E-state index contributed by atoms with van der Waals surface area (Å²) in [5.41, 5.74) is 0.997. The third kappa shape index (κ3) is 3.43. The minimum Gasteiger partial charge on any atom is -0.318 e. The molecule has 1 fully saturated rings. The molecule has 0 bridgehead atoms. The fraction of sp³-hybridized carbons (Fsp3) is 0.538. The molecule has 104 valence electrons. The molecule has 1 N–H and O–H groups in total. The Balaban J connectivity index is 2.08. The van der Waals surface area contributed by atoms with Gasteiger partial charge in [0.05, 0.1) is 9.95 Å². The first-order valence-corrected chi connectivity index (χ1v) is 6.81. The zero-order chi connectivity index (χ0) is 13.8. The Morgan fingerprint density at radius 3 is 3.00 bits per heavy atom. The van der Waals surface area contributed by atoms with Gasteiger partial charge in [0, 0.05) is 31.3 Å². The van der Waals surface area contributed by atoms with Gasteiger partial charge >= 0.3 is 0 Å². The average Bonchev–Trinajstić information content (AvgIpc) is 2.79. The number of rotatable bonds is 5. The van der Waals surface area contributed by atoms with Crippen molar-refractivity contribution >= 4 is 17.3 Å². The maximum Gasteiger partial charge on any atom is 0.270 e. The molecule has 1 unspecified atom stereocenters. The van der Waals surface area contributed by atoms with Crippen LogP contribution in [0.3, 0.4) is 0 Å². The number of hydrogen-bond acceptors (Lipinski definition) is 4. The molecule has 19 heavy (non-hydrogen) atoms. The van der Waals surface area contributed by atoms with E-state index >= 15 is 0 Å². The SMILES string of the molecule is CNCC1CCCN1Cc1ccc([N+](=O)[O-])cc1Cl. The Morgan fingerprint density at radius 1 is 1.58 bits per heavy atom. The van der Waals surface area contributed by atoms with Crippen molar-refractivity contribution in [2.45, 2.75) is 25.4 Å². The van der Waals surface area contributed by atoms with Gasteiger partial charge in [-0.05, 0) is 38.1 Å². The lowest BCUT2D eigenvalue weighted by Gasteiger charge is -2.24. The Bertz CT molecular complexity index is 467. The van der Waals surface area contributed by atoms with Crippen molar-refractivity contribution in [3.63, 3.8) is 0 Å². The largest absolute Gasteiger partial charge is 0.318 e. The number of nitrogens with one attached hydrogen (secondary N) is 1. The second-order valence-corrected chi connectivity index (χ2v) is 5.26. The zero-order valence-electron chi connectivity index (χ0n) is 10.9. The maximum atomic E-state index is 10.7. The van der Waals surface area contributed by atoms with Crippen LogP contribution in [0.15, 0.2) is 18.2 Å². The van der Waals surface area contributed by atoms with Crippen molar-refractivity contribution in [2.75, 3.05) is 20.1 Å². The van der Waals surface area contributed by atoms with E-state index in [0.29, 0.717) is 11.1 Å². The quantitative estimate of drug-likeness (QED) is 0.666. The Morgan fingerprint density at radius 2 is 2.37 bits per heavy atom. The summed E-state index contributed by atoms with van der Waals surface area (Å²) in [5.74, 6) is 0. The first kappa shape index (κ1) is 14.2. The van der Waals surface area contributed by atoms with Gasteiger partial charge < -0.3 is 5.32 Å². The highest BCUT2D eigenvalue weighted by Gasteiger charge is 2.24. The minimum absolute atomic E-state index is 0.0435. The molecule has 1 saturated heterocycles. The number of hydrogen-bond donors (Lipinski definition) is 1. The van der Waals surface area contributed by atoms with Crippen LogP contribution in [0.1, 0.15) is 18.4 Å². The number of likely N-dealkylation sites (N-methyl/N-ethyl adjacent to an activating group) is 1. The van der Waals surface area contributed by atoms with Crippen molar-refractivity contribution < 1.29 is 4.92 Å². The van der Waals surface area contributed by atoms with Gasteiger partial charge in [0.1, 0.15) is 0 Å². The number of nitro groups is 1. The molecular formula is C13H18ClN3O2. The molecule has 0 amide bonds. The molecular weight excluding hydrogens is 266 g/mol. The standard InChI is InChI=1S/C13H18ClN3O2/c1-15-8-12-3-2-6-16(12)9-10-4-5-11(17(18)19)7-13(10)14/h4-5,7,12,15H,2-3,6,8-9H2,1H3. The number of nitro benzene ring substituents is 1. The second kappa shape index (κ2) is 6.32. The highest BCUT2D eigenvalue weighted by molar-refractivity contribution is 6.31. The fourth-order valence-electron chi connectivity index (χ4n) is 2.57. The molecule has 6 heteroatoms. The number of likely N-dealkylation sites (tertiary alicyclic amines) is 1. The topological polar surface area (TPSA) is 58.4 Å². The molecule has 0 saturated carbocycles. The molecule has 1 aliphatic rings.